The number of rotatable bonds is 4. The molecule has 0 saturated heterocycles. The molecule has 1 saturated carbocycles. The van der Waals surface area contributed by atoms with Gasteiger partial charge in [-0.2, -0.15) is 0 Å². The molecule has 1 aliphatic heterocycles. The van der Waals surface area contributed by atoms with Crippen LogP contribution in [0.25, 0.3) is 0 Å². The zero-order valence-corrected chi connectivity index (χ0v) is 15.9. The van der Waals surface area contributed by atoms with Gasteiger partial charge >= 0.3 is 0 Å². The number of hydrogen-bond donors (Lipinski definition) is 0. The van der Waals surface area contributed by atoms with Gasteiger partial charge in [0.15, 0.2) is 11.5 Å². The molecule has 1 unspecified atom stereocenters. The van der Waals surface area contributed by atoms with Gasteiger partial charge in [-0.15, -0.1) is 0 Å². The molecule has 2 aromatic rings. The summed E-state index contributed by atoms with van der Waals surface area (Å²) in [5.41, 5.74) is 2.49. The Labute approximate surface area is 158 Å². The van der Waals surface area contributed by atoms with E-state index in [1.54, 1.807) is 20.3 Å². The molecule has 2 aliphatic rings. The Bertz CT molecular complexity index is 891. The van der Waals surface area contributed by atoms with E-state index in [-0.39, 0.29) is 17.8 Å². The fourth-order valence-electron chi connectivity index (χ4n) is 4.23. The first-order valence-corrected chi connectivity index (χ1v) is 9.32. The zero-order valence-electron chi connectivity index (χ0n) is 15.9. The topological polar surface area (TPSA) is 38.8 Å². The van der Waals surface area contributed by atoms with Crippen LogP contribution in [0.5, 0.6) is 11.5 Å². The van der Waals surface area contributed by atoms with Gasteiger partial charge in [0.25, 0.3) is 0 Å². The van der Waals surface area contributed by atoms with Crippen LogP contribution in [-0.2, 0) is 16.6 Å². The summed E-state index contributed by atoms with van der Waals surface area (Å²) in [5.74, 6) is 1.19. The van der Waals surface area contributed by atoms with Crippen molar-refractivity contribution in [1.29, 1.82) is 0 Å². The molecular formula is C22H24FNO3. The molecule has 0 bridgehead atoms. The molecule has 2 aromatic carbocycles. The first kappa shape index (κ1) is 17.8. The molecule has 1 heterocycles. The third kappa shape index (κ3) is 2.85. The summed E-state index contributed by atoms with van der Waals surface area (Å²) < 4.78 is 24.6. The number of benzene rings is 2. The maximum Gasteiger partial charge on any atom is 0.233 e. The summed E-state index contributed by atoms with van der Waals surface area (Å²) in [6.45, 7) is 2.70. The summed E-state index contributed by atoms with van der Waals surface area (Å²) in [4.78, 5) is 15.4. The lowest BCUT2D eigenvalue weighted by Crippen LogP contribution is -2.44. The van der Waals surface area contributed by atoms with Gasteiger partial charge in [0.2, 0.25) is 5.91 Å². The van der Waals surface area contributed by atoms with Gasteiger partial charge in [-0.25, -0.2) is 4.39 Å². The van der Waals surface area contributed by atoms with Crippen LogP contribution in [0.1, 0.15) is 42.5 Å². The number of methoxy groups -OCH3 is 2. The van der Waals surface area contributed by atoms with E-state index in [2.05, 4.69) is 0 Å². The minimum atomic E-state index is -0.565. The van der Waals surface area contributed by atoms with E-state index >= 15 is 0 Å². The Morgan fingerprint density at radius 3 is 2.48 bits per heavy atom. The predicted octanol–water partition coefficient (Wildman–Crippen LogP) is 4.02. The molecule has 5 heteroatoms. The normalized spacial score (nSPS) is 20.0. The summed E-state index contributed by atoms with van der Waals surface area (Å²) in [6, 6.07) is 10.4. The van der Waals surface area contributed by atoms with Crippen LogP contribution in [0.3, 0.4) is 0 Å². The molecule has 0 N–H and O–H groups in total. The minimum Gasteiger partial charge on any atom is -0.493 e. The lowest BCUT2D eigenvalue weighted by atomic mass is 9.88. The van der Waals surface area contributed by atoms with Gasteiger partial charge in [0, 0.05) is 6.54 Å². The highest BCUT2D eigenvalue weighted by atomic mass is 19.1. The second-order valence-electron chi connectivity index (χ2n) is 7.42. The molecule has 142 valence electrons. The maximum absolute atomic E-state index is 13.7. The molecule has 4 rings (SSSR count). The van der Waals surface area contributed by atoms with Crippen molar-refractivity contribution >= 4 is 5.91 Å². The van der Waals surface area contributed by atoms with Crippen LogP contribution in [0.15, 0.2) is 36.4 Å². The van der Waals surface area contributed by atoms with Gasteiger partial charge in [0.1, 0.15) is 5.82 Å². The lowest BCUT2D eigenvalue weighted by Gasteiger charge is -2.38. The Hall–Kier alpha value is -2.56. The highest BCUT2D eigenvalue weighted by molar-refractivity contribution is 5.92. The van der Waals surface area contributed by atoms with Gasteiger partial charge in [-0.05, 0) is 67.1 Å². The second kappa shape index (κ2) is 6.55. The Balaban J connectivity index is 1.66. The number of carbonyl (C=O) groups excluding carboxylic acids is 1. The van der Waals surface area contributed by atoms with Crippen LogP contribution >= 0.6 is 0 Å². The van der Waals surface area contributed by atoms with Crippen LogP contribution < -0.4 is 9.47 Å². The van der Waals surface area contributed by atoms with Gasteiger partial charge in [-0.1, -0.05) is 12.1 Å². The molecule has 4 nitrogen and oxygen atoms in total. The quantitative estimate of drug-likeness (QED) is 0.817. The van der Waals surface area contributed by atoms with E-state index < -0.39 is 5.41 Å². The third-order valence-electron chi connectivity index (χ3n) is 5.98. The molecule has 1 atom stereocenters. The first-order chi connectivity index (χ1) is 13.0. The summed E-state index contributed by atoms with van der Waals surface area (Å²) in [5, 5.41) is 0. The average molecular weight is 369 g/mol. The largest absolute Gasteiger partial charge is 0.493 e. The fraction of sp³-hybridized carbons (Fsp3) is 0.409. The van der Waals surface area contributed by atoms with E-state index in [1.165, 1.54) is 17.7 Å². The fourth-order valence-corrected chi connectivity index (χ4v) is 4.23. The molecule has 0 spiro atoms. The predicted molar refractivity (Wildman–Crippen MR) is 101 cm³/mol. The van der Waals surface area contributed by atoms with Crippen molar-refractivity contribution in [2.45, 2.75) is 37.6 Å². The standard InChI is InChI=1S/C22H24FNO3/c1-14-18-13-20(27-3)19(26-2)11-15(18)7-10-24(14)21(25)22(8-9-22)16-5-4-6-17(23)12-16/h4-6,11-14H,7-10H2,1-3H3. The van der Waals surface area contributed by atoms with E-state index in [9.17, 15) is 9.18 Å². The first-order valence-electron chi connectivity index (χ1n) is 9.32. The zero-order chi connectivity index (χ0) is 19.2. The van der Waals surface area contributed by atoms with Crippen LogP contribution in [0.2, 0.25) is 0 Å². The number of fused-ring (bicyclic) bond motifs is 1. The minimum absolute atomic E-state index is 0.0629. The summed E-state index contributed by atoms with van der Waals surface area (Å²) in [6.07, 6.45) is 2.32. The van der Waals surface area contributed by atoms with Crippen molar-refractivity contribution in [2.75, 3.05) is 20.8 Å². The number of hydrogen-bond acceptors (Lipinski definition) is 3. The van der Waals surface area contributed by atoms with E-state index in [4.69, 9.17) is 9.47 Å². The Morgan fingerprint density at radius 2 is 1.85 bits per heavy atom. The molecule has 0 aromatic heterocycles. The summed E-state index contributed by atoms with van der Waals surface area (Å²) in [7, 11) is 3.24. The number of amides is 1. The molecule has 1 amide bonds. The second-order valence-corrected chi connectivity index (χ2v) is 7.42. The van der Waals surface area contributed by atoms with Gasteiger partial charge in [0.05, 0.1) is 25.7 Å². The van der Waals surface area contributed by atoms with Crippen LogP contribution in [-0.4, -0.2) is 31.6 Å². The van der Waals surface area contributed by atoms with Crippen molar-refractivity contribution < 1.29 is 18.7 Å². The molecule has 1 fully saturated rings. The molecule has 1 aliphatic carbocycles. The Kier molecular flexibility index (Phi) is 4.33. The smallest absolute Gasteiger partial charge is 0.233 e. The number of carbonyl (C=O) groups is 1. The van der Waals surface area contributed by atoms with Crippen LogP contribution in [0.4, 0.5) is 4.39 Å². The van der Waals surface area contributed by atoms with Crippen molar-refractivity contribution in [2.24, 2.45) is 0 Å². The average Bonchev–Trinajstić information content (AvgIpc) is 3.49. The maximum atomic E-state index is 13.7. The van der Waals surface area contributed by atoms with Crippen LogP contribution in [0, 0.1) is 5.82 Å². The van der Waals surface area contributed by atoms with E-state index in [0.29, 0.717) is 18.0 Å². The van der Waals surface area contributed by atoms with Crippen molar-refractivity contribution in [3.8, 4) is 11.5 Å². The highest BCUT2D eigenvalue weighted by Crippen LogP contribution is 2.51. The number of nitrogens with zero attached hydrogens (tertiary/aromatic N) is 1. The van der Waals surface area contributed by atoms with Crippen molar-refractivity contribution in [3.05, 3.63) is 58.9 Å². The van der Waals surface area contributed by atoms with Crippen molar-refractivity contribution in [3.63, 3.8) is 0 Å². The number of ether oxygens (including phenoxy) is 2. The van der Waals surface area contributed by atoms with Crippen molar-refractivity contribution in [1.82, 2.24) is 4.90 Å². The lowest BCUT2D eigenvalue weighted by molar-refractivity contribution is -0.136. The SMILES string of the molecule is COc1cc2c(cc1OC)C(C)N(C(=O)C1(c3cccc(F)c3)CC1)CC2. The number of halogens is 1. The monoisotopic (exact) mass is 369 g/mol. The molecule has 27 heavy (non-hydrogen) atoms. The van der Waals surface area contributed by atoms with Gasteiger partial charge < -0.3 is 14.4 Å². The van der Waals surface area contributed by atoms with E-state index in [1.807, 2.05) is 30.0 Å². The Morgan fingerprint density at radius 1 is 1.15 bits per heavy atom. The highest BCUT2D eigenvalue weighted by Gasteiger charge is 2.54. The van der Waals surface area contributed by atoms with E-state index in [0.717, 1.165) is 30.4 Å². The molecular weight excluding hydrogens is 345 g/mol. The summed E-state index contributed by atoms with van der Waals surface area (Å²) >= 11 is 0. The third-order valence-corrected chi connectivity index (χ3v) is 5.98. The van der Waals surface area contributed by atoms with Gasteiger partial charge in [-0.3, -0.25) is 4.79 Å². The molecule has 0 radical (unpaired) electrons.